The molecule has 2 N–H and O–H groups in total. The van der Waals surface area contributed by atoms with Crippen molar-refractivity contribution < 1.29 is 4.39 Å². The number of hydrogen-bond donors (Lipinski definition) is 1. The fraction of sp³-hybridized carbons (Fsp3) is 0.294. The average Bonchev–Trinajstić information content (AvgIpc) is 2.42. The van der Waals surface area contributed by atoms with Crippen LogP contribution in [0.15, 0.2) is 36.4 Å². The molecule has 1 heterocycles. The number of hydrogen-bond acceptors (Lipinski definition) is 2. The molecule has 0 saturated carbocycles. The quantitative estimate of drug-likeness (QED) is 0.849. The molecule has 2 nitrogen and oxygen atoms in total. The van der Waals surface area contributed by atoms with E-state index >= 15 is 0 Å². The summed E-state index contributed by atoms with van der Waals surface area (Å²) in [7, 11) is 0. The van der Waals surface area contributed by atoms with Crippen LogP contribution in [-0.2, 0) is 19.5 Å². The highest BCUT2D eigenvalue weighted by atomic mass is 19.1. The van der Waals surface area contributed by atoms with Gasteiger partial charge in [0.2, 0.25) is 0 Å². The van der Waals surface area contributed by atoms with E-state index in [1.807, 2.05) is 19.1 Å². The van der Waals surface area contributed by atoms with E-state index in [2.05, 4.69) is 17.0 Å². The molecule has 2 aromatic carbocycles. The molecule has 0 atom stereocenters. The van der Waals surface area contributed by atoms with Crippen LogP contribution in [0.3, 0.4) is 0 Å². The third-order valence-electron chi connectivity index (χ3n) is 4.03. The zero-order valence-electron chi connectivity index (χ0n) is 11.7. The van der Waals surface area contributed by atoms with Crippen LogP contribution in [-0.4, -0.2) is 11.4 Å². The number of nitrogen functional groups attached to an aromatic ring is 1. The summed E-state index contributed by atoms with van der Waals surface area (Å²) in [6.45, 7) is 4.71. The lowest BCUT2D eigenvalue weighted by Crippen LogP contribution is -2.30. The second kappa shape index (κ2) is 5.25. The molecule has 0 aromatic heterocycles. The van der Waals surface area contributed by atoms with Gasteiger partial charge in [-0.1, -0.05) is 12.1 Å². The largest absolute Gasteiger partial charge is 0.399 e. The Morgan fingerprint density at radius 1 is 1.15 bits per heavy atom. The van der Waals surface area contributed by atoms with Crippen LogP contribution in [0.1, 0.15) is 22.3 Å². The second-order valence-corrected chi connectivity index (χ2v) is 5.56. The SMILES string of the molecule is Cc1ccc(F)cc1CN1CCc2ccc(N)cc2C1. The molecule has 20 heavy (non-hydrogen) atoms. The van der Waals surface area contributed by atoms with Crippen molar-refractivity contribution in [3.63, 3.8) is 0 Å². The number of aryl methyl sites for hydroxylation is 1. The molecular formula is C17H19FN2. The van der Waals surface area contributed by atoms with Gasteiger partial charge in [0.1, 0.15) is 5.82 Å². The van der Waals surface area contributed by atoms with Crippen molar-refractivity contribution in [1.82, 2.24) is 4.90 Å². The van der Waals surface area contributed by atoms with Crippen molar-refractivity contribution in [3.05, 3.63) is 64.5 Å². The molecule has 1 aliphatic rings. The number of rotatable bonds is 2. The fourth-order valence-corrected chi connectivity index (χ4v) is 2.82. The molecule has 1 aliphatic heterocycles. The van der Waals surface area contributed by atoms with Crippen LogP contribution in [0.25, 0.3) is 0 Å². The summed E-state index contributed by atoms with van der Waals surface area (Å²) >= 11 is 0. The highest BCUT2D eigenvalue weighted by molar-refractivity contribution is 5.45. The lowest BCUT2D eigenvalue weighted by molar-refractivity contribution is 0.245. The maximum Gasteiger partial charge on any atom is 0.123 e. The Morgan fingerprint density at radius 2 is 2.00 bits per heavy atom. The van der Waals surface area contributed by atoms with Gasteiger partial charge in [-0.2, -0.15) is 0 Å². The molecule has 0 spiro atoms. The normalized spacial score (nSPS) is 15.1. The van der Waals surface area contributed by atoms with Crippen LogP contribution in [0, 0.1) is 12.7 Å². The molecular weight excluding hydrogens is 251 g/mol. The van der Waals surface area contributed by atoms with Gasteiger partial charge in [-0.3, -0.25) is 4.90 Å². The van der Waals surface area contributed by atoms with E-state index in [1.54, 1.807) is 6.07 Å². The number of nitrogens with two attached hydrogens (primary N) is 1. The summed E-state index contributed by atoms with van der Waals surface area (Å²) in [5.74, 6) is -0.160. The van der Waals surface area contributed by atoms with Crippen molar-refractivity contribution in [2.24, 2.45) is 0 Å². The van der Waals surface area contributed by atoms with Gasteiger partial charge in [0.25, 0.3) is 0 Å². The first-order valence-electron chi connectivity index (χ1n) is 6.96. The predicted octanol–water partition coefficient (Wildman–Crippen LogP) is 3.27. The molecule has 0 radical (unpaired) electrons. The second-order valence-electron chi connectivity index (χ2n) is 5.56. The minimum Gasteiger partial charge on any atom is -0.399 e. The van der Waals surface area contributed by atoms with E-state index in [1.165, 1.54) is 17.2 Å². The lowest BCUT2D eigenvalue weighted by atomic mass is 9.98. The maximum atomic E-state index is 13.4. The predicted molar refractivity (Wildman–Crippen MR) is 79.8 cm³/mol. The number of nitrogens with zero attached hydrogens (tertiary/aromatic N) is 1. The maximum absolute atomic E-state index is 13.4. The van der Waals surface area contributed by atoms with Gasteiger partial charge in [-0.15, -0.1) is 0 Å². The smallest absolute Gasteiger partial charge is 0.123 e. The van der Waals surface area contributed by atoms with E-state index in [4.69, 9.17) is 5.73 Å². The van der Waals surface area contributed by atoms with Gasteiger partial charge in [0.05, 0.1) is 0 Å². The Balaban J connectivity index is 1.78. The monoisotopic (exact) mass is 270 g/mol. The summed E-state index contributed by atoms with van der Waals surface area (Å²) in [6.07, 6.45) is 1.03. The van der Waals surface area contributed by atoms with Crippen molar-refractivity contribution in [3.8, 4) is 0 Å². The Kier molecular flexibility index (Phi) is 3.45. The number of benzene rings is 2. The van der Waals surface area contributed by atoms with Crippen LogP contribution >= 0.6 is 0 Å². The average molecular weight is 270 g/mol. The summed E-state index contributed by atoms with van der Waals surface area (Å²) in [5.41, 5.74) is 11.6. The van der Waals surface area contributed by atoms with E-state index in [9.17, 15) is 4.39 Å². The molecule has 0 fully saturated rings. The van der Waals surface area contributed by atoms with Gasteiger partial charge in [0, 0.05) is 25.3 Å². The Labute approximate surface area is 119 Å². The Hall–Kier alpha value is -1.87. The minimum atomic E-state index is -0.160. The van der Waals surface area contributed by atoms with Gasteiger partial charge < -0.3 is 5.73 Å². The van der Waals surface area contributed by atoms with Crippen molar-refractivity contribution in [2.45, 2.75) is 26.4 Å². The molecule has 0 aliphatic carbocycles. The van der Waals surface area contributed by atoms with E-state index < -0.39 is 0 Å². The van der Waals surface area contributed by atoms with E-state index in [-0.39, 0.29) is 5.82 Å². The van der Waals surface area contributed by atoms with Crippen molar-refractivity contribution >= 4 is 5.69 Å². The molecule has 0 unspecified atom stereocenters. The zero-order chi connectivity index (χ0) is 14.1. The Morgan fingerprint density at radius 3 is 2.85 bits per heavy atom. The zero-order valence-corrected chi connectivity index (χ0v) is 11.7. The standard InChI is InChI=1S/C17H19FN2/c1-12-2-4-16(18)8-14(12)10-20-7-6-13-3-5-17(19)9-15(13)11-20/h2-5,8-9H,6-7,10-11,19H2,1H3. The van der Waals surface area contributed by atoms with Gasteiger partial charge in [-0.25, -0.2) is 4.39 Å². The first kappa shape index (κ1) is 13.1. The van der Waals surface area contributed by atoms with E-state index in [0.717, 1.165) is 42.9 Å². The first-order valence-corrected chi connectivity index (χ1v) is 6.96. The third kappa shape index (κ3) is 2.68. The first-order chi connectivity index (χ1) is 9.61. The Bertz CT molecular complexity index is 637. The minimum absolute atomic E-state index is 0.160. The van der Waals surface area contributed by atoms with Gasteiger partial charge >= 0.3 is 0 Å². The molecule has 0 bridgehead atoms. The fourth-order valence-electron chi connectivity index (χ4n) is 2.82. The number of halogens is 1. The summed E-state index contributed by atoms with van der Waals surface area (Å²) < 4.78 is 13.4. The van der Waals surface area contributed by atoms with Crippen LogP contribution < -0.4 is 5.73 Å². The van der Waals surface area contributed by atoms with Crippen molar-refractivity contribution in [1.29, 1.82) is 0 Å². The van der Waals surface area contributed by atoms with Crippen LogP contribution in [0.2, 0.25) is 0 Å². The summed E-state index contributed by atoms with van der Waals surface area (Å²) in [6, 6.07) is 11.1. The highest BCUT2D eigenvalue weighted by Gasteiger charge is 2.17. The van der Waals surface area contributed by atoms with E-state index in [0.29, 0.717) is 0 Å². The highest BCUT2D eigenvalue weighted by Crippen LogP contribution is 2.23. The molecule has 3 heteroatoms. The molecule has 3 rings (SSSR count). The molecule has 2 aromatic rings. The molecule has 0 saturated heterocycles. The summed E-state index contributed by atoms with van der Waals surface area (Å²) in [5, 5.41) is 0. The van der Waals surface area contributed by atoms with Gasteiger partial charge in [-0.05, 0) is 59.9 Å². The number of anilines is 1. The topological polar surface area (TPSA) is 29.3 Å². The van der Waals surface area contributed by atoms with Crippen molar-refractivity contribution in [2.75, 3.05) is 12.3 Å². The molecule has 104 valence electrons. The van der Waals surface area contributed by atoms with Crippen LogP contribution in [0.4, 0.5) is 10.1 Å². The third-order valence-corrected chi connectivity index (χ3v) is 4.03. The lowest BCUT2D eigenvalue weighted by Gasteiger charge is -2.29. The van der Waals surface area contributed by atoms with Crippen LogP contribution in [0.5, 0.6) is 0 Å². The summed E-state index contributed by atoms with van der Waals surface area (Å²) in [4.78, 5) is 2.35. The number of fused-ring (bicyclic) bond motifs is 1. The molecule has 0 amide bonds. The van der Waals surface area contributed by atoms with Gasteiger partial charge in [0.15, 0.2) is 0 Å².